The van der Waals surface area contributed by atoms with E-state index < -0.39 is 0 Å². The number of nitrogens with one attached hydrogen (secondary N) is 1. The van der Waals surface area contributed by atoms with Gasteiger partial charge in [0.2, 0.25) is 0 Å². The van der Waals surface area contributed by atoms with E-state index in [1.165, 1.54) is 9.75 Å². The molecule has 0 saturated carbocycles. The molecule has 2 aromatic heterocycles. The molecule has 1 unspecified atom stereocenters. The van der Waals surface area contributed by atoms with Crippen LogP contribution in [0.25, 0.3) is 0 Å². The summed E-state index contributed by atoms with van der Waals surface area (Å²) in [5.74, 6) is 0. The second-order valence-corrected chi connectivity index (χ2v) is 5.65. The van der Waals surface area contributed by atoms with E-state index in [1.807, 2.05) is 6.07 Å². The third-order valence-corrected chi connectivity index (χ3v) is 3.97. The lowest BCUT2D eigenvalue weighted by atomic mass is 10.1. The molecule has 0 aromatic carbocycles. The summed E-state index contributed by atoms with van der Waals surface area (Å²) >= 11 is 7.86. The fraction of sp³-hybridized carbons (Fsp3) is 0.385. The lowest BCUT2D eigenvalue weighted by Gasteiger charge is -2.15. The van der Waals surface area contributed by atoms with Crippen LogP contribution < -0.4 is 5.32 Å². The lowest BCUT2D eigenvalue weighted by molar-refractivity contribution is 0.552. The highest BCUT2D eigenvalue weighted by Gasteiger charge is 2.19. The number of rotatable bonds is 5. The number of halogens is 1. The Kier molecular flexibility index (Phi) is 4.26. The molecule has 0 aliphatic heterocycles. The van der Waals surface area contributed by atoms with Crippen LogP contribution in [0.4, 0.5) is 0 Å². The summed E-state index contributed by atoms with van der Waals surface area (Å²) in [5, 5.41) is 3.98. The van der Waals surface area contributed by atoms with Gasteiger partial charge < -0.3 is 9.73 Å². The molecule has 4 heteroatoms. The van der Waals surface area contributed by atoms with Crippen molar-refractivity contribution in [3.8, 4) is 0 Å². The summed E-state index contributed by atoms with van der Waals surface area (Å²) < 4.78 is 5.18. The lowest BCUT2D eigenvalue weighted by Crippen LogP contribution is -2.22. The molecule has 0 amide bonds. The molecular formula is C13H16ClNOS. The maximum atomic E-state index is 6.07. The minimum absolute atomic E-state index is 0.139. The zero-order valence-electron chi connectivity index (χ0n) is 10.00. The van der Waals surface area contributed by atoms with Gasteiger partial charge in [0.15, 0.2) is 5.22 Å². The van der Waals surface area contributed by atoms with Gasteiger partial charge in [-0.05, 0) is 49.7 Å². The highest BCUT2D eigenvalue weighted by Crippen LogP contribution is 2.32. The highest BCUT2D eigenvalue weighted by molar-refractivity contribution is 7.12. The van der Waals surface area contributed by atoms with Crippen molar-refractivity contribution >= 4 is 22.9 Å². The summed E-state index contributed by atoms with van der Waals surface area (Å²) in [6, 6.07) is 6.36. The molecule has 17 heavy (non-hydrogen) atoms. The summed E-state index contributed by atoms with van der Waals surface area (Å²) in [7, 11) is 0. The first-order valence-electron chi connectivity index (χ1n) is 5.75. The van der Waals surface area contributed by atoms with Gasteiger partial charge in [0.25, 0.3) is 0 Å². The van der Waals surface area contributed by atoms with Gasteiger partial charge in [-0.25, -0.2) is 0 Å². The van der Waals surface area contributed by atoms with Crippen molar-refractivity contribution in [2.75, 3.05) is 6.54 Å². The Hall–Kier alpha value is -0.770. The molecule has 0 aliphatic carbocycles. The van der Waals surface area contributed by atoms with Gasteiger partial charge in [0.05, 0.1) is 12.3 Å². The predicted molar refractivity (Wildman–Crippen MR) is 72.9 cm³/mol. The zero-order valence-corrected chi connectivity index (χ0v) is 11.6. The average molecular weight is 270 g/mol. The topological polar surface area (TPSA) is 25.2 Å². The van der Waals surface area contributed by atoms with Crippen LogP contribution >= 0.6 is 22.9 Å². The number of hydrogen-bond donors (Lipinski definition) is 1. The first-order chi connectivity index (χ1) is 8.22. The van der Waals surface area contributed by atoms with Gasteiger partial charge in [0, 0.05) is 15.3 Å². The summed E-state index contributed by atoms with van der Waals surface area (Å²) in [4.78, 5) is 2.59. The van der Waals surface area contributed by atoms with Crippen LogP contribution in [0.5, 0.6) is 0 Å². The van der Waals surface area contributed by atoms with Crippen molar-refractivity contribution < 1.29 is 4.42 Å². The minimum atomic E-state index is 0.139. The number of hydrogen-bond acceptors (Lipinski definition) is 3. The van der Waals surface area contributed by atoms with E-state index in [1.54, 1.807) is 17.6 Å². The zero-order chi connectivity index (χ0) is 12.3. The summed E-state index contributed by atoms with van der Waals surface area (Å²) in [6.07, 6.45) is 2.73. The fourth-order valence-electron chi connectivity index (χ4n) is 1.77. The van der Waals surface area contributed by atoms with Crippen LogP contribution in [0.2, 0.25) is 5.22 Å². The van der Waals surface area contributed by atoms with Crippen LogP contribution in [-0.2, 0) is 0 Å². The molecule has 1 atom stereocenters. The third kappa shape index (κ3) is 2.92. The SMILES string of the molecule is CCCNC(c1ccc(C)s1)c1ccoc1Cl. The van der Waals surface area contributed by atoms with Gasteiger partial charge in [0.1, 0.15) is 0 Å². The fourth-order valence-corrected chi connectivity index (χ4v) is 2.97. The van der Waals surface area contributed by atoms with Crippen LogP contribution in [0, 0.1) is 6.92 Å². The quantitative estimate of drug-likeness (QED) is 0.871. The monoisotopic (exact) mass is 269 g/mol. The van der Waals surface area contributed by atoms with E-state index in [4.69, 9.17) is 16.0 Å². The molecule has 2 rings (SSSR count). The van der Waals surface area contributed by atoms with Crippen molar-refractivity contribution in [2.45, 2.75) is 26.3 Å². The van der Waals surface area contributed by atoms with Gasteiger partial charge in [-0.15, -0.1) is 11.3 Å². The van der Waals surface area contributed by atoms with Crippen molar-refractivity contribution in [3.63, 3.8) is 0 Å². The molecule has 0 spiro atoms. The van der Waals surface area contributed by atoms with E-state index >= 15 is 0 Å². The molecule has 0 saturated heterocycles. The van der Waals surface area contributed by atoms with E-state index in [0.29, 0.717) is 5.22 Å². The first-order valence-corrected chi connectivity index (χ1v) is 6.94. The maximum Gasteiger partial charge on any atom is 0.198 e. The molecular weight excluding hydrogens is 254 g/mol. The van der Waals surface area contributed by atoms with Crippen LogP contribution in [0.3, 0.4) is 0 Å². The normalized spacial score (nSPS) is 12.9. The molecule has 2 heterocycles. The smallest absolute Gasteiger partial charge is 0.198 e. The van der Waals surface area contributed by atoms with Crippen LogP contribution in [0.15, 0.2) is 28.9 Å². The van der Waals surface area contributed by atoms with Gasteiger partial charge >= 0.3 is 0 Å². The Balaban J connectivity index is 2.28. The maximum absolute atomic E-state index is 6.07. The summed E-state index contributed by atoms with van der Waals surface area (Å²) in [6.45, 7) is 5.23. The standard InChI is InChI=1S/C13H16ClNOS/c1-3-7-15-12(10-6-8-16-13(10)14)11-5-4-9(2)17-11/h4-6,8,12,15H,3,7H2,1-2H3. The molecule has 2 nitrogen and oxygen atoms in total. The minimum Gasteiger partial charge on any atom is -0.453 e. The molecule has 92 valence electrons. The second-order valence-electron chi connectivity index (χ2n) is 3.99. The Labute approximate surface area is 111 Å². The third-order valence-electron chi connectivity index (χ3n) is 2.60. The Morgan fingerprint density at radius 2 is 2.24 bits per heavy atom. The molecule has 0 aliphatic rings. The second kappa shape index (κ2) is 5.71. The number of aryl methyl sites for hydroxylation is 1. The van der Waals surface area contributed by atoms with E-state index in [9.17, 15) is 0 Å². The largest absolute Gasteiger partial charge is 0.453 e. The van der Waals surface area contributed by atoms with Crippen molar-refractivity contribution in [1.82, 2.24) is 5.32 Å². The van der Waals surface area contributed by atoms with Gasteiger partial charge in [-0.3, -0.25) is 0 Å². The van der Waals surface area contributed by atoms with Crippen molar-refractivity contribution in [1.29, 1.82) is 0 Å². The Bertz CT molecular complexity index is 477. The Morgan fingerprint density at radius 3 is 2.76 bits per heavy atom. The molecule has 1 N–H and O–H groups in total. The van der Waals surface area contributed by atoms with E-state index in [2.05, 4.69) is 31.3 Å². The van der Waals surface area contributed by atoms with E-state index in [0.717, 1.165) is 18.5 Å². The van der Waals surface area contributed by atoms with Gasteiger partial charge in [-0.2, -0.15) is 0 Å². The van der Waals surface area contributed by atoms with Gasteiger partial charge in [-0.1, -0.05) is 6.92 Å². The van der Waals surface area contributed by atoms with Crippen LogP contribution in [0.1, 0.15) is 34.7 Å². The summed E-state index contributed by atoms with van der Waals surface area (Å²) in [5.41, 5.74) is 1.02. The predicted octanol–water partition coefficient (Wildman–Crippen LogP) is 4.39. The molecule has 2 aromatic rings. The van der Waals surface area contributed by atoms with E-state index in [-0.39, 0.29) is 6.04 Å². The number of furan rings is 1. The van der Waals surface area contributed by atoms with Crippen LogP contribution in [-0.4, -0.2) is 6.54 Å². The molecule has 0 bridgehead atoms. The van der Waals surface area contributed by atoms with Crippen molar-refractivity contribution in [3.05, 3.63) is 45.0 Å². The molecule has 0 fully saturated rings. The molecule has 0 radical (unpaired) electrons. The first kappa shape index (κ1) is 12.7. The van der Waals surface area contributed by atoms with Crippen molar-refractivity contribution in [2.24, 2.45) is 0 Å². The Morgan fingerprint density at radius 1 is 1.41 bits per heavy atom. The highest BCUT2D eigenvalue weighted by atomic mass is 35.5. The number of thiophene rings is 1. The average Bonchev–Trinajstić information content (AvgIpc) is 2.90.